The smallest absolute Gasteiger partial charge is 0.271 e. The molecule has 2 fully saturated rings. The van der Waals surface area contributed by atoms with Crippen molar-refractivity contribution < 1.29 is 9.59 Å². The van der Waals surface area contributed by atoms with Crippen LogP contribution in [0.1, 0.15) is 58.5 Å². The van der Waals surface area contributed by atoms with Gasteiger partial charge in [-0.25, -0.2) is 9.97 Å². The Hall–Kier alpha value is -3.95. The number of nitrogens with two attached hydrogens (primary N) is 1. The molecule has 2 atom stereocenters. The van der Waals surface area contributed by atoms with E-state index in [4.69, 9.17) is 5.73 Å². The molecule has 1 aliphatic carbocycles. The number of hydrogen-bond donors (Lipinski definition) is 3. The molecule has 0 bridgehead atoms. The van der Waals surface area contributed by atoms with Crippen molar-refractivity contribution in [1.29, 1.82) is 0 Å². The van der Waals surface area contributed by atoms with Gasteiger partial charge in [-0.1, -0.05) is 19.1 Å². The lowest BCUT2D eigenvalue weighted by molar-refractivity contribution is 0.0927. The minimum absolute atomic E-state index is 0.0401. The summed E-state index contributed by atoms with van der Waals surface area (Å²) in [5.41, 5.74) is 8.24. The molecule has 4 N–H and O–H groups in total. The van der Waals surface area contributed by atoms with Gasteiger partial charge in [-0.15, -0.1) is 0 Å². The number of carbonyl (C=O) groups is 2. The van der Waals surface area contributed by atoms with Crippen LogP contribution in [-0.4, -0.2) is 50.7 Å². The Labute approximate surface area is 203 Å². The topological polar surface area (TPSA) is 131 Å². The molecule has 3 heterocycles. The number of amides is 2. The molecule has 35 heavy (non-hydrogen) atoms. The number of hydrogen-bond acceptors (Lipinski definition) is 7. The Morgan fingerprint density at radius 3 is 2.54 bits per heavy atom. The first-order valence-corrected chi connectivity index (χ1v) is 11.9. The monoisotopic (exact) mass is 474 g/mol. The summed E-state index contributed by atoms with van der Waals surface area (Å²) in [6.07, 6.45) is 8.31. The van der Waals surface area contributed by atoms with Gasteiger partial charge in [-0.05, 0) is 48.8 Å². The largest absolute Gasteiger partial charge is 0.364 e. The second-order valence-electron chi connectivity index (χ2n) is 9.63. The summed E-state index contributed by atoms with van der Waals surface area (Å²) in [4.78, 5) is 35.9. The average Bonchev–Trinajstić information content (AvgIpc) is 3.60. The summed E-state index contributed by atoms with van der Waals surface area (Å²) < 4.78 is 1.64. The van der Waals surface area contributed by atoms with Crippen LogP contribution >= 0.6 is 0 Å². The van der Waals surface area contributed by atoms with Gasteiger partial charge in [0.2, 0.25) is 0 Å². The molecular formula is C25H30N8O2. The van der Waals surface area contributed by atoms with E-state index >= 15 is 0 Å². The van der Waals surface area contributed by atoms with Crippen molar-refractivity contribution in [3.8, 4) is 0 Å². The number of nitrogens with zero attached hydrogens (tertiary/aromatic N) is 5. The summed E-state index contributed by atoms with van der Waals surface area (Å²) in [5.74, 6) is 1.15. The fourth-order valence-corrected chi connectivity index (χ4v) is 4.66. The summed E-state index contributed by atoms with van der Waals surface area (Å²) in [7, 11) is 1.80. The highest BCUT2D eigenvalue weighted by Gasteiger charge is 2.28. The van der Waals surface area contributed by atoms with E-state index in [1.807, 2.05) is 12.1 Å². The van der Waals surface area contributed by atoms with Crippen molar-refractivity contribution in [3.05, 3.63) is 59.7 Å². The van der Waals surface area contributed by atoms with E-state index in [2.05, 4.69) is 49.7 Å². The lowest BCUT2D eigenvalue weighted by atomic mass is 9.95. The van der Waals surface area contributed by atoms with E-state index in [-0.39, 0.29) is 23.5 Å². The highest BCUT2D eigenvalue weighted by Crippen LogP contribution is 2.39. The van der Waals surface area contributed by atoms with Gasteiger partial charge < -0.3 is 21.3 Å². The van der Waals surface area contributed by atoms with Crippen LogP contribution in [0.5, 0.6) is 0 Å². The molecule has 1 saturated heterocycles. The number of aryl methyl sites for hydroxylation is 1. The molecule has 5 rings (SSSR count). The molecule has 2 aliphatic rings. The van der Waals surface area contributed by atoms with E-state index < -0.39 is 5.91 Å². The lowest BCUT2D eigenvalue weighted by Gasteiger charge is -2.37. The van der Waals surface area contributed by atoms with Gasteiger partial charge in [0, 0.05) is 37.9 Å². The molecule has 2 aromatic heterocycles. The van der Waals surface area contributed by atoms with E-state index in [1.54, 1.807) is 30.3 Å². The quantitative estimate of drug-likeness (QED) is 0.480. The molecule has 1 aromatic carbocycles. The van der Waals surface area contributed by atoms with Crippen molar-refractivity contribution in [2.24, 2.45) is 18.7 Å². The number of rotatable bonds is 7. The SMILES string of the molecule is C[C@@H]1C[C@@H](NC(=O)c2ccc(C3CC3)cc2)CN(c2cnc(C(N)=O)c(Nc3cnn(C)c3)n2)C1. The van der Waals surface area contributed by atoms with Gasteiger partial charge in [0.25, 0.3) is 11.8 Å². The Morgan fingerprint density at radius 1 is 1.11 bits per heavy atom. The summed E-state index contributed by atoms with van der Waals surface area (Å²) >= 11 is 0. The lowest BCUT2D eigenvalue weighted by Crippen LogP contribution is -2.50. The van der Waals surface area contributed by atoms with Crippen LogP contribution in [0.25, 0.3) is 0 Å². The first-order chi connectivity index (χ1) is 16.9. The van der Waals surface area contributed by atoms with Crippen molar-refractivity contribution in [2.75, 3.05) is 23.3 Å². The highest BCUT2D eigenvalue weighted by atomic mass is 16.2. The zero-order valence-corrected chi connectivity index (χ0v) is 19.9. The maximum Gasteiger partial charge on any atom is 0.271 e. The van der Waals surface area contributed by atoms with Gasteiger partial charge in [0.1, 0.15) is 5.82 Å². The first-order valence-electron chi connectivity index (χ1n) is 11.9. The van der Waals surface area contributed by atoms with Gasteiger partial charge in [-0.3, -0.25) is 14.3 Å². The molecule has 10 heteroatoms. The molecule has 3 aromatic rings. The number of piperidine rings is 1. The number of primary amides is 1. The number of anilines is 3. The predicted molar refractivity (Wildman–Crippen MR) is 133 cm³/mol. The fraction of sp³-hybridized carbons (Fsp3) is 0.400. The Morgan fingerprint density at radius 2 is 1.89 bits per heavy atom. The summed E-state index contributed by atoms with van der Waals surface area (Å²) in [5, 5.41) is 10.4. The molecule has 0 radical (unpaired) electrons. The molecule has 1 aliphatic heterocycles. The zero-order valence-electron chi connectivity index (χ0n) is 19.9. The third kappa shape index (κ3) is 5.26. The maximum absolute atomic E-state index is 12.9. The molecule has 0 spiro atoms. The van der Waals surface area contributed by atoms with Crippen molar-refractivity contribution in [3.63, 3.8) is 0 Å². The van der Waals surface area contributed by atoms with Crippen molar-refractivity contribution >= 4 is 29.1 Å². The number of nitrogens with one attached hydrogen (secondary N) is 2. The minimum Gasteiger partial charge on any atom is -0.364 e. The van der Waals surface area contributed by atoms with Crippen molar-refractivity contribution in [1.82, 2.24) is 25.1 Å². The Kier molecular flexibility index (Phi) is 6.10. The minimum atomic E-state index is -0.666. The number of aromatic nitrogens is 4. The molecule has 2 amide bonds. The van der Waals surface area contributed by atoms with Crippen LogP contribution in [-0.2, 0) is 7.05 Å². The van der Waals surface area contributed by atoms with E-state index in [9.17, 15) is 9.59 Å². The van der Waals surface area contributed by atoms with Crippen molar-refractivity contribution in [2.45, 2.75) is 38.1 Å². The second-order valence-corrected chi connectivity index (χ2v) is 9.63. The fourth-order valence-electron chi connectivity index (χ4n) is 4.66. The standard InChI is InChI=1S/C25H30N8O2/c1-15-9-19(30-25(35)18-7-5-17(6-8-18)16-3-4-16)14-33(12-15)21-11-27-22(23(26)34)24(31-21)29-20-10-28-32(2)13-20/h5-8,10-11,13,15-16,19H,3-4,9,12,14H2,1-2H3,(H2,26,34)(H,29,31)(H,30,35)/t15-,19-/m1/s1. The van der Waals surface area contributed by atoms with Gasteiger partial charge >= 0.3 is 0 Å². The molecule has 0 unspecified atom stereocenters. The van der Waals surface area contributed by atoms with Crippen LogP contribution in [0.15, 0.2) is 42.9 Å². The average molecular weight is 475 g/mol. The maximum atomic E-state index is 12.9. The number of carbonyl (C=O) groups excluding carboxylic acids is 2. The van der Waals surface area contributed by atoms with Crippen LogP contribution in [0, 0.1) is 5.92 Å². The third-order valence-corrected chi connectivity index (χ3v) is 6.50. The molecule has 10 nitrogen and oxygen atoms in total. The number of benzene rings is 1. The van der Waals surface area contributed by atoms with Gasteiger partial charge in [0.05, 0.1) is 18.1 Å². The van der Waals surface area contributed by atoms with E-state index in [1.165, 1.54) is 18.4 Å². The third-order valence-electron chi connectivity index (χ3n) is 6.50. The first kappa shape index (κ1) is 22.8. The van der Waals surface area contributed by atoms with Gasteiger partial charge in [-0.2, -0.15) is 5.10 Å². The van der Waals surface area contributed by atoms with E-state index in [0.29, 0.717) is 35.4 Å². The molecular weight excluding hydrogens is 444 g/mol. The van der Waals surface area contributed by atoms with Crippen LogP contribution in [0.4, 0.5) is 17.3 Å². The molecule has 1 saturated carbocycles. The van der Waals surface area contributed by atoms with Crippen LogP contribution in [0.3, 0.4) is 0 Å². The second kappa shape index (κ2) is 9.36. The summed E-state index contributed by atoms with van der Waals surface area (Å²) in [6.45, 7) is 3.50. The van der Waals surface area contributed by atoms with Crippen LogP contribution < -0.4 is 21.3 Å². The Bertz CT molecular complexity index is 1230. The zero-order chi connectivity index (χ0) is 24.5. The summed E-state index contributed by atoms with van der Waals surface area (Å²) in [6, 6.07) is 7.92. The van der Waals surface area contributed by atoms with Crippen LogP contribution in [0.2, 0.25) is 0 Å². The van der Waals surface area contributed by atoms with Gasteiger partial charge in [0.15, 0.2) is 11.5 Å². The predicted octanol–water partition coefficient (Wildman–Crippen LogP) is 2.57. The van der Waals surface area contributed by atoms with E-state index in [0.717, 1.165) is 13.0 Å². The normalized spacial score (nSPS) is 19.9. The molecule has 182 valence electrons. The Balaban J connectivity index is 1.31. The highest BCUT2D eigenvalue weighted by molar-refractivity contribution is 5.96.